The van der Waals surface area contributed by atoms with Crippen LogP contribution in [0.15, 0.2) is 11.1 Å². The first kappa shape index (κ1) is 7.13. The van der Waals surface area contributed by atoms with Gasteiger partial charge in [-0.15, -0.1) is 11.3 Å². The Hall–Kier alpha value is -0.540. The normalized spacial score (nSPS) is 15.3. The molecule has 0 bridgehead atoms. The van der Waals surface area contributed by atoms with E-state index in [2.05, 4.69) is 23.3 Å². The molecule has 0 fully saturated rings. The van der Waals surface area contributed by atoms with Crippen LogP contribution in [-0.4, -0.2) is 5.29 Å². The first-order valence-electron chi connectivity index (χ1n) is 3.32. The van der Waals surface area contributed by atoms with Crippen molar-refractivity contribution in [2.45, 2.75) is 13.5 Å². The van der Waals surface area contributed by atoms with E-state index in [-0.39, 0.29) is 0 Å². The summed E-state index contributed by atoms with van der Waals surface area (Å²) in [6, 6.07) is 2.09. The molecule has 0 aromatic carbocycles. The molecule has 0 aliphatic carbocycles. The van der Waals surface area contributed by atoms with Gasteiger partial charge in [-0.05, 0) is 24.6 Å². The second-order valence-corrected chi connectivity index (χ2v) is 4.12. The zero-order valence-corrected chi connectivity index (χ0v) is 7.59. The van der Waals surface area contributed by atoms with E-state index in [1.807, 2.05) is 0 Å². The Morgan fingerprint density at radius 3 is 3.36 bits per heavy atom. The number of amidine groups is 1. The standard InChI is InChI=1S/C7H7ClN2S/c1-4-2-5-6(11-4)3-9-7(8)10-5/h2H,3H2,1H3,(H,9,10). The second kappa shape index (κ2) is 2.50. The Morgan fingerprint density at radius 2 is 2.55 bits per heavy atom. The first-order chi connectivity index (χ1) is 5.25. The Morgan fingerprint density at radius 1 is 1.73 bits per heavy atom. The summed E-state index contributed by atoms with van der Waals surface area (Å²) in [4.78, 5) is 6.63. The van der Waals surface area contributed by atoms with Crippen molar-refractivity contribution in [2.75, 3.05) is 5.32 Å². The van der Waals surface area contributed by atoms with Crippen molar-refractivity contribution >= 4 is 33.9 Å². The van der Waals surface area contributed by atoms with Gasteiger partial charge in [0.1, 0.15) is 0 Å². The summed E-state index contributed by atoms with van der Waals surface area (Å²) in [5, 5.41) is 3.50. The third-order valence-corrected chi connectivity index (χ3v) is 2.78. The number of aliphatic imine (C=N–C) groups is 1. The minimum atomic E-state index is 0.496. The molecule has 2 rings (SSSR count). The molecule has 2 heterocycles. The maximum Gasteiger partial charge on any atom is 0.196 e. The molecule has 0 spiro atoms. The van der Waals surface area contributed by atoms with Crippen molar-refractivity contribution in [3.05, 3.63) is 15.8 Å². The number of hydrogen-bond acceptors (Lipinski definition) is 3. The summed E-state index contributed by atoms with van der Waals surface area (Å²) in [7, 11) is 0. The highest BCUT2D eigenvalue weighted by Crippen LogP contribution is 2.29. The molecule has 1 aromatic rings. The SMILES string of the molecule is Cc1cc2c(s1)CN=C(Cl)N2. The molecular formula is C7H7ClN2S. The second-order valence-electron chi connectivity index (χ2n) is 2.43. The third kappa shape index (κ3) is 1.26. The fourth-order valence-corrected chi connectivity index (χ4v) is 2.15. The van der Waals surface area contributed by atoms with Crippen molar-refractivity contribution in [2.24, 2.45) is 4.99 Å². The smallest absolute Gasteiger partial charge is 0.196 e. The number of anilines is 1. The van der Waals surface area contributed by atoms with Crippen LogP contribution in [0, 0.1) is 6.92 Å². The number of rotatable bonds is 0. The van der Waals surface area contributed by atoms with Gasteiger partial charge in [0.25, 0.3) is 0 Å². The van der Waals surface area contributed by atoms with Crippen molar-refractivity contribution < 1.29 is 0 Å². The summed E-state index contributed by atoms with van der Waals surface area (Å²) in [6.45, 7) is 2.80. The fourth-order valence-electron chi connectivity index (χ4n) is 1.08. The Bertz CT molecular complexity index is 316. The van der Waals surface area contributed by atoms with E-state index in [0.717, 1.165) is 12.2 Å². The molecule has 0 radical (unpaired) electrons. The molecule has 4 heteroatoms. The molecule has 0 saturated heterocycles. The summed E-state index contributed by atoms with van der Waals surface area (Å²) in [5.41, 5.74) is 1.12. The molecule has 58 valence electrons. The van der Waals surface area contributed by atoms with E-state index in [1.54, 1.807) is 11.3 Å². The average molecular weight is 187 g/mol. The molecule has 0 atom stereocenters. The molecule has 1 aliphatic rings. The highest BCUT2D eigenvalue weighted by atomic mass is 35.5. The lowest BCUT2D eigenvalue weighted by molar-refractivity contribution is 1.09. The lowest BCUT2D eigenvalue weighted by Crippen LogP contribution is -2.09. The van der Waals surface area contributed by atoms with Crippen molar-refractivity contribution in [1.29, 1.82) is 0 Å². The van der Waals surface area contributed by atoms with Gasteiger partial charge in [0.2, 0.25) is 0 Å². The predicted octanol–water partition coefficient (Wildman–Crippen LogP) is 2.58. The van der Waals surface area contributed by atoms with E-state index in [1.165, 1.54) is 9.75 Å². The predicted molar refractivity (Wildman–Crippen MR) is 49.7 cm³/mol. The van der Waals surface area contributed by atoms with Crippen LogP contribution < -0.4 is 5.32 Å². The molecule has 2 nitrogen and oxygen atoms in total. The summed E-state index contributed by atoms with van der Waals surface area (Å²) in [6.07, 6.45) is 0. The molecule has 1 aliphatic heterocycles. The van der Waals surface area contributed by atoms with Crippen LogP contribution in [0.3, 0.4) is 0 Å². The Labute approximate surface area is 73.9 Å². The van der Waals surface area contributed by atoms with Gasteiger partial charge in [-0.25, -0.2) is 0 Å². The van der Waals surface area contributed by atoms with Crippen molar-refractivity contribution in [1.82, 2.24) is 0 Å². The number of fused-ring (bicyclic) bond motifs is 1. The lowest BCUT2D eigenvalue weighted by atomic mass is 10.3. The number of thiophene rings is 1. The third-order valence-electron chi connectivity index (χ3n) is 1.53. The van der Waals surface area contributed by atoms with Gasteiger partial charge in [-0.2, -0.15) is 0 Å². The highest BCUT2D eigenvalue weighted by Gasteiger charge is 2.11. The molecular weight excluding hydrogens is 180 g/mol. The van der Waals surface area contributed by atoms with Gasteiger partial charge in [0, 0.05) is 9.75 Å². The van der Waals surface area contributed by atoms with Crippen LogP contribution in [0.1, 0.15) is 9.75 Å². The molecule has 0 saturated carbocycles. The van der Waals surface area contributed by atoms with Gasteiger partial charge in [-0.1, -0.05) is 0 Å². The van der Waals surface area contributed by atoms with Crippen LogP contribution in [0.25, 0.3) is 0 Å². The molecule has 1 N–H and O–H groups in total. The largest absolute Gasteiger partial charge is 0.330 e. The van der Waals surface area contributed by atoms with E-state index in [9.17, 15) is 0 Å². The van der Waals surface area contributed by atoms with E-state index in [4.69, 9.17) is 11.6 Å². The minimum absolute atomic E-state index is 0.496. The topological polar surface area (TPSA) is 24.4 Å². The molecule has 1 aromatic heterocycles. The number of halogens is 1. The zero-order chi connectivity index (χ0) is 7.84. The van der Waals surface area contributed by atoms with Crippen molar-refractivity contribution in [3.8, 4) is 0 Å². The number of hydrogen-bond donors (Lipinski definition) is 1. The quantitative estimate of drug-likeness (QED) is 0.619. The maximum atomic E-state index is 5.70. The Balaban J connectivity index is 2.40. The van der Waals surface area contributed by atoms with E-state index >= 15 is 0 Å². The fraction of sp³-hybridized carbons (Fsp3) is 0.286. The summed E-state index contributed by atoms with van der Waals surface area (Å²) >= 11 is 7.46. The zero-order valence-electron chi connectivity index (χ0n) is 6.02. The first-order valence-corrected chi connectivity index (χ1v) is 4.51. The van der Waals surface area contributed by atoms with Gasteiger partial charge >= 0.3 is 0 Å². The maximum absolute atomic E-state index is 5.70. The van der Waals surface area contributed by atoms with Gasteiger partial charge in [0.15, 0.2) is 5.29 Å². The van der Waals surface area contributed by atoms with Crippen LogP contribution in [-0.2, 0) is 6.54 Å². The van der Waals surface area contributed by atoms with Gasteiger partial charge in [0.05, 0.1) is 12.2 Å². The van der Waals surface area contributed by atoms with Crippen LogP contribution in [0.2, 0.25) is 0 Å². The van der Waals surface area contributed by atoms with Crippen LogP contribution in [0.4, 0.5) is 5.69 Å². The van der Waals surface area contributed by atoms with Crippen molar-refractivity contribution in [3.63, 3.8) is 0 Å². The molecule has 0 unspecified atom stereocenters. The highest BCUT2D eigenvalue weighted by molar-refractivity contribution is 7.12. The molecule has 0 amide bonds. The average Bonchev–Trinajstić information content (AvgIpc) is 2.27. The number of nitrogens with zero attached hydrogens (tertiary/aromatic N) is 1. The summed E-state index contributed by atoms with van der Waals surface area (Å²) in [5.74, 6) is 0. The monoisotopic (exact) mass is 186 g/mol. The molecule has 11 heavy (non-hydrogen) atoms. The number of aryl methyl sites for hydroxylation is 1. The van der Waals surface area contributed by atoms with Gasteiger partial charge < -0.3 is 5.32 Å². The van der Waals surface area contributed by atoms with Gasteiger partial charge in [-0.3, -0.25) is 4.99 Å². The lowest BCUT2D eigenvalue weighted by Gasteiger charge is -2.08. The Kier molecular flexibility index (Phi) is 1.62. The van der Waals surface area contributed by atoms with Crippen LogP contribution >= 0.6 is 22.9 Å². The van der Waals surface area contributed by atoms with E-state index in [0.29, 0.717) is 5.29 Å². The van der Waals surface area contributed by atoms with Crippen LogP contribution in [0.5, 0.6) is 0 Å². The summed E-state index contributed by atoms with van der Waals surface area (Å²) < 4.78 is 0. The van der Waals surface area contributed by atoms with E-state index < -0.39 is 0 Å². The minimum Gasteiger partial charge on any atom is -0.330 e. The number of nitrogens with one attached hydrogen (secondary N) is 1.